The second kappa shape index (κ2) is 11.8. The molecule has 0 spiro atoms. The number of hydrogen-bond acceptors (Lipinski definition) is 6. The summed E-state index contributed by atoms with van der Waals surface area (Å²) in [4.78, 5) is 15.7. The molecule has 7 heteroatoms. The van der Waals surface area contributed by atoms with Crippen LogP contribution in [0, 0.1) is 0 Å². The minimum Gasteiger partial charge on any atom is -0.490 e. The summed E-state index contributed by atoms with van der Waals surface area (Å²) in [5.74, 6) is -0.0869. The van der Waals surface area contributed by atoms with Crippen molar-refractivity contribution >= 4 is 11.8 Å². The number of aromatic carboxylic acids is 1. The van der Waals surface area contributed by atoms with Gasteiger partial charge in [0.05, 0.1) is 12.2 Å². The molecule has 1 heterocycles. The molecule has 0 unspecified atom stereocenters. The molecule has 0 aliphatic heterocycles. The number of carboxylic acid groups (broad SMARTS) is 1. The van der Waals surface area contributed by atoms with Gasteiger partial charge in [0, 0.05) is 18.3 Å². The Morgan fingerprint density at radius 1 is 1.06 bits per heavy atom. The number of aliphatic hydroxyl groups is 1. The Kier molecular flexibility index (Phi) is 8.34. The van der Waals surface area contributed by atoms with Crippen molar-refractivity contribution in [2.45, 2.75) is 50.7 Å². The predicted molar refractivity (Wildman–Crippen MR) is 137 cm³/mol. The molecule has 0 saturated heterocycles. The first-order chi connectivity index (χ1) is 17.0. The monoisotopic (exact) mass is 475 g/mol. The van der Waals surface area contributed by atoms with Crippen LogP contribution in [0.15, 0.2) is 60.8 Å². The van der Waals surface area contributed by atoms with Crippen molar-refractivity contribution in [1.82, 2.24) is 10.3 Å². The van der Waals surface area contributed by atoms with E-state index >= 15 is 0 Å². The van der Waals surface area contributed by atoms with Crippen LogP contribution >= 0.6 is 0 Å². The number of carboxylic acids is 1. The van der Waals surface area contributed by atoms with E-state index in [1.807, 2.05) is 24.3 Å². The van der Waals surface area contributed by atoms with Gasteiger partial charge in [-0.3, -0.25) is 0 Å². The zero-order chi connectivity index (χ0) is 24.6. The van der Waals surface area contributed by atoms with Crippen LogP contribution in [0.1, 0.15) is 59.7 Å². The molecule has 0 amide bonds. The Morgan fingerprint density at radius 3 is 2.49 bits per heavy atom. The van der Waals surface area contributed by atoms with E-state index in [4.69, 9.17) is 10.5 Å². The number of anilines is 1. The fourth-order valence-corrected chi connectivity index (χ4v) is 4.41. The average Bonchev–Trinajstić information content (AvgIpc) is 2.88. The number of nitrogens with one attached hydrogen (secondary N) is 1. The number of hydrogen-bond donors (Lipinski definition) is 4. The maximum absolute atomic E-state index is 11.7. The van der Waals surface area contributed by atoms with Crippen LogP contribution in [0.2, 0.25) is 0 Å². The van der Waals surface area contributed by atoms with Gasteiger partial charge >= 0.3 is 5.97 Å². The molecule has 1 aliphatic carbocycles. The molecule has 1 aromatic heterocycles. The van der Waals surface area contributed by atoms with Gasteiger partial charge in [0.15, 0.2) is 0 Å². The predicted octanol–water partition coefficient (Wildman–Crippen LogP) is 4.61. The molecule has 5 N–H and O–H groups in total. The molecule has 7 nitrogen and oxygen atoms in total. The van der Waals surface area contributed by atoms with Crippen LogP contribution in [-0.2, 0) is 6.42 Å². The summed E-state index contributed by atoms with van der Waals surface area (Å²) < 4.78 is 6.14. The van der Waals surface area contributed by atoms with Crippen LogP contribution in [0.4, 0.5) is 5.82 Å². The number of carbonyl (C=O) groups is 1. The third kappa shape index (κ3) is 6.81. The lowest BCUT2D eigenvalue weighted by Crippen LogP contribution is -2.23. The highest BCUT2D eigenvalue weighted by Crippen LogP contribution is 2.31. The second-order valence-corrected chi connectivity index (χ2v) is 9.08. The first kappa shape index (κ1) is 24.7. The van der Waals surface area contributed by atoms with Gasteiger partial charge in [-0.1, -0.05) is 42.8 Å². The number of benzene rings is 2. The minimum absolute atomic E-state index is 0.0850. The molecule has 1 aliphatic rings. The lowest BCUT2D eigenvalue weighted by atomic mass is 9.97. The maximum atomic E-state index is 11.7. The number of nitrogen functional groups attached to an aromatic ring is 1. The van der Waals surface area contributed by atoms with E-state index in [0.717, 1.165) is 55.3 Å². The zero-order valence-corrected chi connectivity index (χ0v) is 19.8. The first-order valence-corrected chi connectivity index (χ1v) is 12.2. The summed E-state index contributed by atoms with van der Waals surface area (Å²) in [5, 5.41) is 23.1. The minimum atomic E-state index is -0.969. The second-order valence-electron chi connectivity index (χ2n) is 9.08. The van der Waals surface area contributed by atoms with Crippen molar-refractivity contribution in [1.29, 1.82) is 0 Å². The lowest BCUT2D eigenvalue weighted by Gasteiger charge is -2.24. The van der Waals surface area contributed by atoms with Gasteiger partial charge in [0.25, 0.3) is 0 Å². The van der Waals surface area contributed by atoms with Crippen LogP contribution in [-0.4, -0.2) is 40.4 Å². The normalized spacial score (nSPS) is 15.0. The highest BCUT2D eigenvalue weighted by atomic mass is 16.5. The Labute approximate surface area is 206 Å². The van der Waals surface area contributed by atoms with E-state index in [2.05, 4.69) is 22.4 Å². The van der Waals surface area contributed by atoms with Gasteiger partial charge < -0.3 is 26.0 Å². The molecular weight excluding hydrogens is 442 g/mol. The largest absolute Gasteiger partial charge is 0.490 e. The highest BCUT2D eigenvalue weighted by Gasteiger charge is 2.19. The van der Waals surface area contributed by atoms with E-state index < -0.39 is 12.1 Å². The van der Waals surface area contributed by atoms with Gasteiger partial charge in [0.2, 0.25) is 0 Å². The van der Waals surface area contributed by atoms with Crippen molar-refractivity contribution in [2.24, 2.45) is 0 Å². The van der Waals surface area contributed by atoms with Crippen LogP contribution in [0.3, 0.4) is 0 Å². The van der Waals surface area contributed by atoms with Crippen molar-refractivity contribution < 1.29 is 19.7 Å². The topological polar surface area (TPSA) is 118 Å². The molecular formula is C28H33N3O4. The van der Waals surface area contributed by atoms with Crippen molar-refractivity contribution in [3.05, 3.63) is 77.5 Å². The van der Waals surface area contributed by atoms with Gasteiger partial charge in [-0.25, -0.2) is 9.78 Å². The summed E-state index contributed by atoms with van der Waals surface area (Å²) in [7, 11) is 0. The molecule has 0 radical (unpaired) electrons. The summed E-state index contributed by atoms with van der Waals surface area (Å²) in [6, 6.07) is 17.0. The Hall–Kier alpha value is -3.42. The number of pyridine rings is 1. The quantitative estimate of drug-likeness (QED) is 0.316. The number of nitrogens with two attached hydrogens (primary N) is 1. The van der Waals surface area contributed by atoms with Crippen molar-refractivity contribution in [2.75, 3.05) is 18.8 Å². The van der Waals surface area contributed by atoms with E-state index in [0.29, 0.717) is 18.1 Å². The SMILES string of the molecule is Nc1ccc([C@H](O)CNCCc2ccc(-c3ccc(C(=O)O)c(OC4CCCCC4)c3)cc2)cn1. The van der Waals surface area contributed by atoms with Crippen molar-refractivity contribution in [3.63, 3.8) is 0 Å². The molecule has 1 fully saturated rings. The van der Waals surface area contributed by atoms with Gasteiger partial charge in [-0.2, -0.15) is 0 Å². The number of nitrogens with zero attached hydrogens (tertiary/aromatic N) is 1. The Bertz CT molecular complexity index is 1110. The summed E-state index contributed by atoms with van der Waals surface area (Å²) in [5.41, 5.74) is 9.65. The number of aliphatic hydroxyl groups excluding tert-OH is 1. The van der Waals surface area contributed by atoms with Gasteiger partial charge in [-0.05, 0) is 73.5 Å². The molecule has 3 aromatic rings. The third-order valence-electron chi connectivity index (χ3n) is 6.47. The number of ether oxygens (including phenoxy) is 1. The highest BCUT2D eigenvalue weighted by molar-refractivity contribution is 5.92. The summed E-state index contributed by atoms with van der Waals surface area (Å²) in [6.07, 6.45) is 7.27. The molecule has 0 bridgehead atoms. The van der Waals surface area contributed by atoms with Crippen LogP contribution < -0.4 is 15.8 Å². The molecule has 1 atom stereocenters. The summed E-state index contributed by atoms with van der Waals surface area (Å²) in [6.45, 7) is 1.16. The third-order valence-corrected chi connectivity index (χ3v) is 6.47. The molecule has 2 aromatic carbocycles. The smallest absolute Gasteiger partial charge is 0.339 e. The number of rotatable bonds is 10. The zero-order valence-electron chi connectivity index (χ0n) is 19.8. The molecule has 184 valence electrons. The van der Waals surface area contributed by atoms with Crippen molar-refractivity contribution in [3.8, 4) is 16.9 Å². The molecule has 35 heavy (non-hydrogen) atoms. The fourth-order valence-electron chi connectivity index (χ4n) is 4.41. The van der Waals surface area contributed by atoms with Gasteiger partial charge in [0.1, 0.15) is 17.1 Å². The number of aromatic nitrogens is 1. The fraction of sp³-hybridized carbons (Fsp3) is 0.357. The Balaban J connectivity index is 1.34. The van der Waals surface area contributed by atoms with Crippen LogP contribution in [0.5, 0.6) is 5.75 Å². The standard InChI is InChI=1S/C28H33N3O4/c29-27-13-11-22(17-31-27)25(32)18-30-15-14-19-6-8-20(9-7-19)21-10-12-24(28(33)34)26(16-21)35-23-4-2-1-3-5-23/h6-13,16-17,23,25,30,32H,1-5,14-15,18H2,(H2,29,31)(H,33,34)/t25-/m1/s1. The van der Waals surface area contributed by atoms with E-state index in [-0.39, 0.29) is 11.7 Å². The van der Waals surface area contributed by atoms with Gasteiger partial charge in [-0.15, -0.1) is 0 Å². The molecule has 4 rings (SSSR count). The first-order valence-electron chi connectivity index (χ1n) is 12.2. The maximum Gasteiger partial charge on any atom is 0.339 e. The lowest BCUT2D eigenvalue weighted by molar-refractivity contribution is 0.0686. The Morgan fingerprint density at radius 2 is 1.80 bits per heavy atom. The molecule has 1 saturated carbocycles. The summed E-state index contributed by atoms with van der Waals surface area (Å²) >= 11 is 0. The van der Waals surface area contributed by atoms with E-state index in [1.54, 1.807) is 24.4 Å². The van der Waals surface area contributed by atoms with E-state index in [9.17, 15) is 15.0 Å². The van der Waals surface area contributed by atoms with E-state index in [1.165, 1.54) is 12.0 Å². The average molecular weight is 476 g/mol. The van der Waals surface area contributed by atoms with Crippen LogP contribution in [0.25, 0.3) is 11.1 Å².